The van der Waals surface area contributed by atoms with E-state index < -0.39 is 18.4 Å². The van der Waals surface area contributed by atoms with E-state index in [1.165, 1.54) is 6.20 Å². The first-order valence-corrected chi connectivity index (χ1v) is 11.2. The second-order valence-electron chi connectivity index (χ2n) is 7.09. The molecule has 2 heterocycles. The molecule has 1 atom stereocenters. The molecule has 9 nitrogen and oxygen atoms in total. The largest absolute Gasteiger partial charge is 0.512 e. The molecule has 0 aliphatic heterocycles. The van der Waals surface area contributed by atoms with Gasteiger partial charge < -0.3 is 19.1 Å². The number of carbonyl (C=O) groups is 2. The van der Waals surface area contributed by atoms with Crippen molar-refractivity contribution in [2.24, 2.45) is 0 Å². The first kappa shape index (κ1) is 23.3. The summed E-state index contributed by atoms with van der Waals surface area (Å²) in [7, 11) is 0. The highest BCUT2D eigenvalue weighted by Crippen LogP contribution is 2.34. The first-order valence-electron chi connectivity index (χ1n) is 9.97. The molecule has 2 aromatic heterocycles. The zero-order valence-electron chi connectivity index (χ0n) is 17.9. The molecule has 0 saturated carbocycles. The summed E-state index contributed by atoms with van der Waals surface area (Å²) in [6.45, 7) is 3.41. The van der Waals surface area contributed by atoms with Gasteiger partial charge in [-0.15, -0.1) is 0 Å². The predicted octanol–water partition coefficient (Wildman–Crippen LogP) is 6.79. The van der Waals surface area contributed by atoms with Crippen LogP contribution < -0.4 is 10.1 Å². The fourth-order valence-corrected chi connectivity index (χ4v) is 4.23. The molecule has 0 radical (unpaired) electrons. The van der Waals surface area contributed by atoms with Crippen molar-refractivity contribution in [2.45, 2.75) is 20.0 Å². The summed E-state index contributed by atoms with van der Waals surface area (Å²) in [6.07, 6.45) is -1.29. The van der Waals surface area contributed by atoms with E-state index in [-0.39, 0.29) is 5.06 Å². The molecular formula is C23H18ClN3O6S. The van der Waals surface area contributed by atoms with E-state index in [0.717, 1.165) is 16.9 Å². The lowest BCUT2D eigenvalue weighted by atomic mass is 10.1. The lowest BCUT2D eigenvalue weighted by Gasteiger charge is -2.15. The van der Waals surface area contributed by atoms with Crippen LogP contribution in [0.5, 0.6) is 5.06 Å². The molecule has 0 aliphatic carbocycles. The van der Waals surface area contributed by atoms with Crippen molar-refractivity contribution < 1.29 is 28.7 Å². The summed E-state index contributed by atoms with van der Waals surface area (Å²) in [4.78, 5) is 27.4. The number of anilines is 1. The van der Waals surface area contributed by atoms with Gasteiger partial charge in [0.15, 0.2) is 5.76 Å². The zero-order chi connectivity index (χ0) is 24.2. The molecule has 0 fully saturated rings. The molecule has 2 aromatic carbocycles. The van der Waals surface area contributed by atoms with E-state index in [4.69, 9.17) is 26.0 Å². The Morgan fingerprint density at radius 3 is 2.56 bits per heavy atom. The first-order chi connectivity index (χ1) is 16.3. The monoisotopic (exact) mass is 499 g/mol. The van der Waals surface area contributed by atoms with Crippen LogP contribution >= 0.6 is 22.9 Å². The molecule has 1 unspecified atom stereocenters. The van der Waals surface area contributed by atoms with Crippen molar-refractivity contribution in [1.29, 1.82) is 0 Å². The highest BCUT2D eigenvalue weighted by Gasteiger charge is 2.20. The van der Waals surface area contributed by atoms with Crippen molar-refractivity contribution in [3.8, 4) is 26.9 Å². The second-order valence-corrected chi connectivity index (χ2v) is 8.49. The van der Waals surface area contributed by atoms with Crippen LogP contribution in [-0.4, -0.2) is 27.5 Å². The van der Waals surface area contributed by atoms with E-state index in [0.29, 0.717) is 38.3 Å². The number of carboxylic acid groups (broad SMARTS) is 1. The minimum absolute atomic E-state index is 0.176. The summed E-state index contributed by atoms with van der Waals surface area (Å²) >= 11 is 7.29. The smallest absolute Gasteiger partial charge is 0.449 e. The third-order valence-electron chi connectivity index (χ3n) is 4.79. The predicted molar refractivity (Wildman–Crippen MR) is 126 cm³/mol. The molecule has 0 spiro atoms. The molecular weight excluding hydrogens is 482 g/mol. The summed E-state index contributed by atoms with van der Waals surface area (Å²) in [6, 6.07) is 14.3. The molecule has 1 amide bonds. The number of aromatic nitrogens is 2. The number of halogens is 1. The maximum Gasteiger partial charge on any atom is 0.512 e. The van der Waals surface area contributed by atoms with Crippen molar-refractivity contribution in [3.05, 3.63) is 71.1 Å². The van der Waals surface area contributed by atoms with Gasteiger partial charge in [0, 0.05) is 21.7 Å². The number of nitrogens with one attached hydrogen (secondary N) is 1. The summed E-state index contributed by atoms with van der Waals surface area (Å²) in [5, 5.41) is 16.8. The molecule has 0 bridgehead atoms. The lowest BCUT2D eigenvalue weighted by Crippen LogP contribution is -2.17. The number of aryl methyl sites for hydroxylation is 1. The van der Waals surface area contributed by atoms with Crippen LogP contribution in [0.15, 0.2) is 59.3 Å². The Morgan fingerprint density at radius 1 is 1.15 bits per heavy atom. The summed E-state index contributed by atoms with van der Waals surface area (Å²) in [5.41, 5.74) is 2.96. The summed E-state index contributed by atoms with van der Waals surface area (Å²) < 4.78 is 15.4. The van der Waals surface area contributed by atoms with Gasteiger partial charge in [0.25, 0.3) is 0 Å². The van der Waals surface area contributed by atoms with Crippen LogP contribution in [-0.2, 0) is 4.74 Å². The molecule has 0 saturated heterocycles. The van der Waals surface area contributed by atoms with Crippen molar-refractivity contribution >= 4 is 40.9 Å². The fraction of sp³-hybridized carbons (Fsp3) is 0.130. The normalized spacial score (nSPS) is 11.6. The van der Waals surface area contributed by atoms with Gasteiger partial charge in [-0.3, -0.25) is 5.32 Å². The molecule has 11 heteroatoms. The van der Waals surface area contributed by atoms with Crippen LogP contribution in [0.25, 0.3) is 21.8 Å². The Balaban J connectivity index is 1.49. The van der Waals surface area contributed by atoms with Crippen molar-refractivity contribution in [3.63, 3.8) is 0 Å². The highest BCUT2D eigenvalue weighted by molar-refractivity contribution is 7.16. The third-order valence-corrected chi connectivity index (χ3v) is 6.06. The third kappa shape index (κ3) is 5.19. The van der Waals surface area contributed by atoms with Gasteiger partial charge in [0.05, 0.1) is 6.20 Å². The Bertz CT molecular complexity index is 1330. The van der Waals surface area contributed by atoms with Crippen LogP contribution in [0.4, 0.5) is 15.3 Å². The topological polar surface area (TPSA) is 124 Å². The lowest BCUT2D eigenvalue weighted by molar-refractivity contribution is 0.121. The van der Waals surface area contributed by atoms with Gasteiger partial charge in [-0.1, -0.05) is 70.6 Å². The number of benzene rings is 2. The number of carbonyl (C=O) groups excluding carboxylic acids is 1. The maximum absolute atomic E-state index is 12.6. The Kier molecular flexibility index (Phi) is 6.80. The van der Waals surface area contributed by atoms with Crippen molar-refractivity contribution in [2.75, 3.05) is 5.32 Å². The highest BCUT2D eigenvalue weighted by atomic mass is 35.5. The average Bonchev–Trinajstić information content (AvgIpc) is 3.40. The molecule has 4 aromatic rings. The SMILES string of the molecule is Cc1onc(-c2ccc(-c3ncc(OC(=O)O)s3)cc2)c1NC(=O)OC(C)c1ccccc1Cl. The number of hydrogen-bond donors (Lipinski definition) is 2. The van der Waals surface area contributed by atoms with E-state index in [1.54, 1.807) is 56.3 Å². The minimum atomic E-state index is -1.40. The number of nitrogens with zero attached hydrogens (tertiary/aromatic N) is 2. The van der Waals surface area contributed by atoms with Crippen LogP contribution in [0.1, 0.15) is 24.4 Å². The maximum atomic E-state index is 12.6. The number of amides is 1. The van der Waals surface area contributed by atoms with Crippen molar-refractivity contribution in [1.82, 2.24) is 10.1 Å². The van der Waals surface area contributed by atoms with Gasteiger partial charge in [-0.25, -0.2) is 14.6 Å². The van der Waals surface area contributed by atoms with E-state index in [2.05, 4.69) is 20.2 Å². The van der Waals surface area contributed by atoms with Gasteiger partial charge in [0.1, 0.15) is 22.5 Å². The van der Waals surface area contributed by atoms with Gasteiger partial charge >= 0.3 is 12.2 Å². The second kappa shape index (κ2) is 9.94. The minimum Gasteiger partial charge on any atom is -0.449 e. The Hall–Kier alpha value is -3.89. The molecule has 34 heavy (non-hydrogen) atoms. The fourth-order valence-electron chi connectivity index (χ4n) is 3.17. The van der Waals surface area contributed by atoms with Crippen LogP contribution in [0.2, 0.25) is 5.02 Å². The molecule has 0 aliphatic rings. The quantitative estimate of drug-likeness (QED) is 0.278. The van der Waals surface area contributed by atoms with E-state index in [9.17, 15) is 9.59 Å². The Labute approximate surface area is 202 Å². The number of hydrogen-bond acceptors (Lipinski definition) is 8. The average molecular weight is 500 g/mol. The van der Waals surface area contributed by atoms with Gasteiger partial charge in [-0.2, -0.15) is 0 Å². The standard InChI is InChI=1S/C23H18ClN3O6S/c1-12(16-5-3-4-6-17(16)24)31-22(28)26-19-13(2)33-27-20(19)14-7-9-15(10-8-14)21-25-11-18(34-21)32-23(29)30/h3-12H,1-2H3,(H,26,28)(H,29,30). The van der Waals surface area contributed by atoms with Crippen LogP contribution in [0.3, 0.4) is 0 Å². The van der Waals surface area contributed by atoms with E-state index >= 15 is 0 Å². The van der Waals surface area contributed by atoms with Crippen LogP contribution in [0, 0.1) is 6.92 Å². The number of thiazole rings is 1. The zero-order valence-corrected chi connectivity index (χ0v) is 19.5. The van der Waals surface area contributed by atoms with Gasteiger partial charge in [0.2, 0.25) is 5.06 Å². The molecule has 2 N–H and O–H groups in total. The molecule has 174 valence electrons. The van der Waals surface area contributed by atoms with Gasteiger partial charge in [-0.05, 0) is 19.9 Å². The Morgan fingerprint density at radius 2 is 1.85 bits per heavy atom. The molecule has 4 rings (SSSR count). The number of rotatable bonds is 6. The summed E-state index contributed by atoms with van der Waals surface area (Å²) in [5.74, 6) is 0.414. The number of ether oxygens (including phenoxy) is 2. The van der Waals surface area contributed by atoms with E-state index in [1.807, 2.05) is 6.07 Å².